The third kappa shape index (κ3) is 5.51. The third-order valence-corrected chi connectivity index (χ3v) is 5.73. The lowest BCUT2D eigenvalue weighted by Crippen LogP contribution is -2.43. The molecule has 0 atom stereocenters. The number of ether oxygens (including phenoxy) is 1. The number of benzene rings is 1. The fourth-order valence-electron chi connectivity index (χ4n) is 2.70. The van der Waals surface area contributed by atoms with Crippen LogP contribution in [0.2, 0.25) is 0 Å². The smallest absolute Gasteiger partial charge is 0.301 e. The molecule has 0 saturated carbocycles. The molecule has 1 aliphatic rings. The van der Waals surface area contributed by atoms with Crippen molar-refractivity contribution in [3.05, 3.63) is 47.7 Å². The molecule has 1 saturated heterocycles. The van der Waals surface area contributed by atoms with E-state index in [1.807, 2.05) is 0 Å². The lowest BCUT2D eigenvalue weighted by Gasteiger charge is -2.26. The van der Waals surface area contributed by atoms with E-state index in [9.17, 15) is 26.8 Å². The molecule has 2 heterocycles. The summed E-state index contributed by atoms with van der Waals surface area (Å²) in [6.07, 6.45) is 1.11. The molecule has 0 aliphatic carbocycles. The lowest BCUT2D eigenvalue weighted by atomic mass is 10.2. The van der Waals surface area contributed by atoms with E-state index in [1.165, 1.54) is 19.1 Å². The fourth-order valence-corrected chi connectivity index (χ4v) is 3.90. The first-order chi connectivity index (χ1) is 14.7. The minimum Gasteiger partial charge on any atom is -0.379 e. The van der Waals surface area contributed by atoms with Gasteiger partial charge in [-0.05, 0) is 24.3 Å². The van der Waals surface area contributed by atoms with Gasteiger partial charge in [0.15, 0.2) is 5.82 Å². The van der Waals surface area contributed by atoms with E-state index in [0.717, 1.165) is 22.6 Å². The summed E-state index contributed by atoms with van der Waals surface area (Å²) in [5.41, 5.74) is -1.38. The summed E-state index contributed by atoms with van der Waals surface area (Å²) in [7, 11) is -4.10. The summed E-state index contributed by atoms with van der Waals surface area (Å²) in [6, 6.07) is 4.39. The summed E-state index contributed by atoms with van der Waals surface area (Å²) in [5, 5.41) is 4.49. The molecule has 1 aliphatic heterocycles. The number of anilines is 3. The molecule has 0 unspecified atom stereocenters. The zero-order chi connectivity index (χ0) is 22.6. The number of carbonyl (C=O) groups excluding carboxylic acids is 2. The van der Waals surface area contributed by atoms with E-state index in [0.29, 0.717) is 0 Å². The molecular formula is C18H19F2N5O5S. The van der Waals surface area contributed by atoms with Crippen molar-refractivity contribution in [2.45, 2.75) is 6.92 Å². The highest BCUT2D eigenvalue weighted by atomic mass is 32.2. The summed E-state index contributed by atoms with van der Waals surface area (Å²) in [5.74, 6) is -3.42. The van der Waals surface area contributed by atoms with E-state index < -0.39 is 39.1 Å². The van der Waals surface area contributed by atoms with E-state index >= 15 is 0 Å². The molecule has 31 heavy (non-hydrogen) atoms. The van der Waals surface area contributed by atoms with Crippen LogP contribution in [0.15, 0.2) is 30.5 Å². The number of nitrogens with one attached hydrogen (secondary N) is 3. The van der Waals surface area contributed by atoms with Gasteiger partial charge in [0, 0.05) is 26.2 Å². The maximum atomic E-state index is 14.8. The molecule has 1 fully saturated rings. The number of hydrogen-bond donors (Lipinski definition) is 3. The Labute approximate surface area is 176 Å². The van der Waals surface area contributed by atoms with Crippen molar-refractivity contribution in [2.24, 2.45) is 0 Å². The molecule has 0 spiro atoms. The highest BCUT2D eigenvalue weighted by Gasteiger charge is 2.26. The molecule has 2 amide bonds. The highest BCUT2D eigenvalue weighted by molar-refractivity contribution is 7.90. The van der Waals surface area contributed by atoms with Crippen molar-refractivity contribution in [3.63, 3.8) is 0 Å². The molecule has 1 aromatic carbocycles. The minimum absolute atomic E-state index is 0.0350. The number of halogens is 2. The Bertz CT molecular complexity index is 1090. The molecule has 0 bridgehead atoms. The average molecular weight is 455 g/mol. The minimum atomic E-state index is -4.10. The van der Waals surface area contributed by atoms with Crippen molar-refractivity contribution in [3.8, 4) is 0 Å². The first kappa shape index (κ1) is 22.5. The molecule has 0 radical (unpaired) electrons. The van der Waals surface area contributed by atoms with Gasteiger partial charge >= 0.3 is 10.2 Å². The predicted octanol–water partition coefficient (Wildman–Crippen LogP) is 1.56. The second-order valence-corrected chi connectivity index (χ2v) is 8.14. The van der Waals surface area contributed by atoms with Crippen LogP contribution < -0.4 is 15.4 Å². The lowest BCUT2D eigenvalue weighted by molar-refractivity contribution is -0.114. The Balaban J connectivity index is 1.78. The number of aromatic nitrogens is 1. The Morgan fingerprint density at radius 1 is 1.10 bits per heavy atom. The Morgan fingerprint density at radius 3 is 2.42 bits per heavy atom. The second-order valence-electron chi connectivity index (χ2n) is 6.47. The molecule has 3 N–H and O–H groups in total. The standard InChI is InChI=1S/C18H19F2N5O5S/c1-11(26)22-15-5-2-12(10-21-15)18(27)23-17-13(19)3-4-14(16(17)20)24-31(28,29)25-6-8-30-9-7-25/h2-5,10,24H,6-9H2,1H3,(H,23,27)(H,21,22,26). The van der Waals surface area contributed by atoms with Crippen molar-refractivity contribution in [1.82, 2.24) is 9.29 Å². The maximum Gasteiger partial charge on any atom is 0.301 e. The van der Waals surface area contributed by atoms with Gasteiger partial charge in [-0.1, -0.05) is 0 Å². The monoisotopic (exact) mass is 455 g/mol. The van der Waals surface area contributed by atoms with Crippen LogP contribution in [0.4, 0.5) is 26.0 Å². The van der Waals surface area contributed by atoms with Crippen LogP contribution in [-0.4, -0.2) is 55.8 Å². The normalized spacial score (nSPS) is 14.7. The van der Waals surface area contributed by atoms with Crippen molar-refractivity contribution >= 4 is 39.2 Å². The Hall–Kier alpha value is -3.16. The highest BCUT2D eigenvalue weighted by Crippen LogP contribution is 2.27. The third-order valence-electron chi connectivity index (χ3n) is 4.21. The first-order valence-electron chi connectivity index (χ1n) is 9.06. The number of carbonyl (C=O) groups is 2. The van der Waals surface area contributed by atoms with Crippen LogP contribution in [-0.2, 0) is 19.7 Å². The number of amides is 2. The van der Waals surface area contributed by atoms with E-state index in [2.05, 4.69) is 20.3 Å². The van der Waals surface area contributed by atoms with Crippen LogP contribution >= 0.6 is 0 Å². The van der Waals surface area contributed by atoms with Gasteiger partial charge < -0.3 is 15.4 Å². The van der Waals surface area contributed by atoms with Gasteiger partial charge in [-0.25, -0.2) is 13.8 Å². The number of morpholine rings is 1. The van der Waals surface area contributed by atoms with Crippen LogP contribution in [0.3, 0.4) is 0 Å². The van der Waals surface area contributed by atoms with Crippen molar-refractivity contribution in [2.75, 3.05) is 41.7 Å². The van der Waals surface area contributed by atoms with Gasteiger partial charge in [0.05, 0.1) is 24.5 Å². The molecule has 10 nitrogen and oxygen atoms in total. The van der Waals surface area contributed by atoms with Gasteiger partial charge in [-0.3, -0.25) is 14.3 Å². The SMILES string of the molecule is CC(=O)Nc1ccc(C(=O)Nc2c(F)ccc(NS(=O)(=O)N3CCOCC3)c2F)cn1. The second kappa shape index (κ2) is 9.32. The number of pyridine rings is 1. The summed E-state index contributed by atoms with van der Waals surface area (Å²) < 4.78 is 62.1. The predicted molar refractivity (Wildman–Crippen MR) is 108 cm³/mol. The number of rotatable bonds is 6. The van der Waals surface area contributed by atoms with Crippen LogP contribution in [0.1, 0.15) is 17.3 Å². The van der Waals surface area contributed by atoms with E-state index in [1.54, 1.807) is 0 Å². The van der Waals surface area contributed by atoms with Gasteiger partial charge in [-0.2, -0.15) is 12.7 Å². The van der Waals surface area contributed by atoms with Gasteiger partial charge in [0.2, 0.25) is 5.91 Å². The summed E-state index contributed by atoms with van der Waals surface area (Å²) in [6.45, 7) is 1.85. The molecule has 3 rings (SSSR count). The fraction of sp³-hybridized carbons (Fsp3) is 0.278. The molecule has 166 valence electrons. The summed E-state index contributed by atoms with van der Waals surface area (Å²) in [4.78, 5) is 27.2. The molecule has 1 aromatic heterocycles. The number of hydrogen-bond acceptors (Lipinski definition) is 6. The van der Waals surface area contributed by atoms with Gasteiger partial charge in [0.25, 0.3) is 5.91 Å². The van der Waals surface area contributed by atoms with Crippen LogP contribution in [0.25, 0.3) is 0 Å². The molecule has 2 aromatic rings. The van der Waals surface area contributed by atoms with Crippen LogP contribution in [0, 0.1) is 11.6 Å². The zero-order valence-corrected chi connectivity index (χ0v) is 17.1. The van der Waals surface area contributed by atoms with Gasteiger partial charge in [-0.15, -0.1) is 0 Å². The van der Waals surface area contributed by atoms with E-state index in [-0.39, 0.29) is 43.6 Å². The van der Waals surface area contributed by atoms with Crippen molar-refractivity contribution in [1.29, 1.82) is 0 Å². The quantitative estimate of drug-likeness (QED) is 0.606. The molecular weight excluding hydrogens is 436 g/mol. The average Bonchev–Trinajstić information content (AvgIpc) is 2.74. The van der Waals surface area contributed by atoms with Crippen molar-refractivity contribution < 1.29 is 31.5 Å². The topological polar surface area (TPSA) is 130 Å². The number of nitrogens with zero attached hydrogens (tertiary/aromatic N) is 2. The Morgan fingerprint density at radius 2 is 1.81 bits per heavy atom. The largest absolute Gasteiger partial charge is 0.379 e. The van der Waals surface area contributed by atoms with Gasteiger partial charge in [0.1, 0.15) is 17.3 Å². The van der Waals surface area contributed by atoms with E-state index in [4.69, 9.17) is 4.74 Å². The maximum absolute atomic E-state index is 14.8. The Kier molecular flexibility index (Phi) is 6.77. The zero-order valence-electron chi connectivity index (χ0n) is 16.3. The summed E-state index contributed by atoms with van der Waals surface area (Å²) >= 11 is 0. The molecule has 13 heteroatoms. The first-order valence-corrected chi connectivity index (χ1v) is 10.5. The van der Waals surface area contributed by atoms with Crippen LogP contribution in [0.5, 0.6) is 0 Å².